The van der Waals surface area contributed by atoms with Crippen molar-refractivity contribution in [3.63, 3.8) is 0 Å². The van der Waals surface area contributed by atoms with Gasteiger partial charge in [0.2, 0.25) is 5.91 Å². The minimum absolute atomic E-state index is 0.143. The summed E-state index contributed by atoms with van der Waals surface area (Å²) in [4.78, 5) is 31.4. The topological polar surface area (TPSA) is 95.1 Å². The zero-order valence-electron chi connectivity index (χ0n) is 14.3. The minimum Gasteiger partial charge on any atom is -0.394 e. The third kappa shape index (κ3) is 4.34. The molecule has 0 aliphatic rings. The van der Waals surface area contributed by atoms with Gasteiger partial charge in [-0.25, -0.2) is 4.98 Å². The predicted molar refractivity (Wildman–Crippen MR) is 99.7 cm³/mol. The number of aliphatic hydroxyl groups is 1. The highest BCUT2D eigenvalue weighted by atomic mass is 16.3. The molecule has 1 heterocycles. The largest absolute Gasteiger partial charge is 0.394 e. The lowest BCUT2D eigenvalue weighted by Gasteiger charge is -2.16. The number of hydrogen-bond donors (Lipinski definition) is 3. The van der Waals surface area contributed by atoms with Gasteiger partial charge in [-0.1, -0.05) is 42.5 Å². The van der Waals surface area contributed by atoms with Crippen molar-refractivity contribution < 1.29 is 9.90 Å². The fraction of sp³-hybridized carbons (Fsp3) is 0.250. The van der Waals surface area contributed by atoms with Crippen LogP contribution in [0.25, 0.3) is 10.9 Å². The first-order chi connectivity index (χ1) is 12.7. The van der Waals surface area contributed by atoms with Crippen molar-refractivity contribution in [1.29, 1.82) is 0 Å². The lowest BCUT2D eigenvalue weighted by molar-refractivity contribution is -0.122. The Labute approximate surface area is 150 Å². The van der Waals surface area contributed by atoms with Crippen LogP contribution in [-0.2, 0) is 11.2 Å². The molecule has 0 radical (unpaired) electrons. The molecule has 6 nitrogen and oxygen atoms in total. The third-order valence-corrected chi connectivity index (χ3v) is 4.20. The summed E-state index contributed by atoms with van der Waals surface area (Å²) in [5.41, 5.74) is 1.35. The van der Waals surface area contributed by atoms with Crippen LogP contribution in [0.1, 0.15) is 30.3 Å². The monoisotopic (exact) mass is 351 g/mol. The molecule has 3 N–H and O–H groups in total. The quantitative estimate of drug-likeness (QED) is 0.607. The second-order valence-corrected chi connectivity index (χ2v) is 6.10. The van der Waals surface area contributed by atoms with Gasteiger partial charge >= 0.3 is 0 Å². The van der Waals surface area contributed by atoms with Crippen molar-refractivity contribution in [2.24, 2.45) is 0 Å². The highest BCUT2D eigenvalue weighted by Crippen LogP contribution is 2.12. The molecular formula is C20H21N3O3. The number of fused-ring (bicyclic) bond motifs is 1. The van der Waals surface area contributed by atoms with Crippen molar-refractivity contribution >= 4 is 16.8 Å². The summed E-state index contributed by atoms with van der Waals surface area (Å²) >= 11 is 0. The van der Waals surface area contributed by atoms with Crippen molar-refractivity contribution in [2.75, 3.05) is 6.61 Å². The van der Waals surface area contributed by atoms with E-state index >= 15 is 0 Å². The van der Waals surface area contributed by atoms with E-state index in [2.05, 4.69) is 15.3 Å². The number of benzene rings is 2. The van der Waals surface area contributed by atoms with Crippen LogP contribution >= 0.6 is 0 Å². The number of aromatic nitrogens is 2. The zero-order valence-corrected chi connectivity index (χ0v) is 14.3. The van der Waals surface area contributed by atoms with Gasteiger partial charge in [-0.3, -0.25) is 9.59 Å². The number of para-hydroxylation sites is 1. The standard InChI is InChI=1S/C20H21N3O3/c24-13-17(14-7-2-1-3-8-14)22-19(25)12-6-11-18-21-16-10-5-4-9-15(16)20(26)23-18/h1-5,7-10,17,24H,6,11-13H2,(H,22,25)(H,21,23,26)/t17-/m1/s1. The van der Waals surface area contributed by atoms with E-state index in [0.29, 0.717) is 36.0 Å². The summed E-state index contributed by atoms with van der Waals surface area (Å²) < 4.78 is 0. The second kappa shape index (κ2) is 8.40. The smallest absolute Gasteiger partial charge is 0.258 e. The average molecular weight is 351 g/mol. The summed E-state index contributed by atoms with van der Waals surface area (Å²) in [5.74, 6) is 0.430. The van der Waals surface area contributed by atoms with Crippen molar-refractivity contribution in [3.05, 3.63) is 76.3 Å². The van der Waals surface area contributed by atoms with Gasteiger partial charge in [0.15, 0.2) is 0 Å². The molecule has 0 unspecified atom stereocenters. The summed E-state index contributed by atoms with van der Waals surface area (Å²) in [7, 11) is 0. The summed E-state index contributed by atoms with van der Waals surface area (Å²) in [5, 5.41) is 12.9. The second-order valence-electron chi connectivity index (χ2n) is 6.10. The molecule has 0 bridgehead atoms. The fourth-order valence-electron chi connectivity index (χ4n) is 2.86. The Morgan fingerprint density at radius 3 is 2.62 bits per heavy atom. The van der Waals surface area contributed by atoms with Crippen molar-refractivity contribution in [2.45, 2.75) is 25.3 Å². The Kier molecular flexibility index (Phi) is 5.76. The van der Waals surface area contributed by atoms with E-state index in [1.54, 1.807) is 18.2 Å². The predicted octanol–water partition coefficient (Wildman–Crippen LogP) is 2.10. The molecule has 1 atom stereocenters. The Morgan fingerprint density at radius 2 is 1.85 bits per heavy atom. The molecule has 0 aliphatic carbocycles. The van der Waals surface area contributed by atoms with Gasteiger partial charge < -0.3 is 15.4 Å². The van der Waals surface area contributed by atoms with Crippen LogP contribution in [-0.4, -0.2) is 27.6 Å². The maximum atomic E-state index is 12.1. The molecule has 1 aromatic heterocycles. The molecule has 0 fully saturated rings. The van der Waals surface area contributed by atoms with Crippen LogP contribution in [0, 0.1) is 0 Å². The number of carbonyl (C=O) groups excluding carboxylic acids is 1. The van der Waals surface area contributed by atoms with Crippen LogP contribution < -0.4 is 10.9 Å². The van der Waals surface area contributed by atoms with Gasteiger partial charge in [-0.2, -0.15) is 0 Å². The maximum absolute atomic E-state index is 12.1. The lowest BCUT2D eigenvalue weighted by Crippen LogP contribution is -2.30. The van der Waals surface area contributed by atoms with Crippen LogP contribution in [0.3, 0.4) is 0 Å². The number of nitrogens with zero attached hydrogens (tertiary/aromatic N) is 1. The summed E-state index contributed by atoms with van der Waals surface area (Å²) in [6, 6.07) is 16.1. The molecule has 134 valence electrons. The SMILES string of the molecule is O=C(CCCc1nc2ccccc2c(=O)[nH]1)N[C@H](CO)c1ccccc1. The Balaban J connectivity index is 1.56. The number of rotatable bonds is 7. The lowest BCUT2D eigenvalue weighted by atomic mass is 10.1. The van der Waals surface area contributed by atoms with Gasteiger partial charge in [0, 0.05) is 12.8 Å². The molecule has 26 heavy (non-hydrogen) atoms. The first kappa shape index (κ1) is 17.8. The first-order valence-corrected chi connectivity index (χ1v) is 8.60. The number of hydrogen-bond acceptors (Lipinski definition) is 4. The highest BCUT2D eigenvalue weighted by molar-refractivity contribution is 5.77. The number of aryl methyl sites for hydroxylation is 1. The van der Waals surface area contributed by atoms with Crippen molar-refractivity contribution in [3.8, 4) is 0 Å². The Bertz CT molecular complexity index is 938. The van der Waals surface area contributed by atoms with Gasteiger partial charge in [0.05, 0.1) is 23.6 Å². The van der Waals surface area contributed by atoms with Gasteiger partial charge in [-0.05, 0) is 24.1 Å². The van der Waals surface area contributed by atoms with Gasteiger partial charge in [0.25, 0.3) is 5.56 Å². The Morgan fingerprint density at radius 1 is 1.12 bits per heavy atom. The number of carbonyl (C=O) groups is 1. The molecule has 0 saturated heterocycles. The zero-order chi connectivity index (χ0) is 18.4. The average Bonchev–Trinajstić information content (AvgIpc) is 2.67. The van der Waals surface area contributed by atoms with E-state index in [0.717, 1.165) is 5.56 Å². The van der Waals surface area contributed by atoms with E-state index in [1.165, 1.54) is 0 Å². The molecule has 0 spiro atoms. The molecule has 6 heteroatoms. The summed E-state index contributed by atoms with van der Waals surface area (Å²) in [6.07, 6.45) is 1.35. The van der Waals surface area contributed by atoms with Gasteiger partial charge in [0.1, 0.15) is 5.82 Å². The molecular weight excluding hydrogens is 330 g/mol. The third-order valence-electron chi connectivity index (χ3n) is 4.20. The van der Waals surface area contributed by atoms with Crippen LogP contribution in [0.15, 0.2) is 59.4 Å². The molecule has 3 aromatic rings. The number of nitrogens with one attached hydrogen (secondary N) is 2. The number of aliphatic hydroxyl groups excluding tert-OH is 1. The molecule has 1 amide bonds. The Hall–Kier alpha value is -2.99. The van der Waals surface area contributed by atoms with Crippen LogP contribution in [0.4, 0.5) is 0 Å². The van der Waals surface area contributed by atoms with Crippen molar-refractivity contribution in [1.82, 2.24) is 15.3 Å². The number of H-pyrrole nitrogens is 1. The summed E-state index contributed by atoms with van der Waals surface area (Å²) in [6.45, 7) is -0.157. The van der Waals surface area contributed by atoms with E-state index in [4.69, 9.17) is 0 Å². The highest BCUT2D eigenvalue weighted by Gasteiger charge is 2.13. The minimum atomic E-state index is -0.415. The normalized spacial score (nSPS) is 12.0. The van der Waals surface area contributed by atoms with E-state index in [9.17, 15) is 14.7 Å². The molecule has 0 saturated carbocycles. The van der Waals surface area contributed by atoms with Crippen LogP contribution in [0.5, 0.6) is 0 Å². The van der Waals surface area contributed by atoms with E-state index < -0.39 is 6.04 Å². The van der Waals surface area contributed by atoms with Crippen LogP contribution in [0.2, 0.25) is 0 Å². The molecule has 3 rings (SSSR count). The number of amides is 1. The van der Waals surface area contributed by atoms with Gasteiger partial charge in [-0.15, -0.1) is 0 Å². The first-order valence-electron chi connectivity index (χ1n) is 8.60. The number of aromatic amines is 1. The molecule has 2 aromatic carbocycles. The van der Waals surface area contributed by atoms with E-state index in [-0.39, 0.29) is 18.1 Å². The van der Waals surface area contributed by atoms with E-state index in [1.807, 2.05) is 36.4 Å². The molecule has 0 aliphatic heterocycles. The fourth-order valence-corrected chi connectivity index (χ4v) is 2.86. The maximum Gasteiger partial charge on any atom is 0.258 e.